The first-order chi connectivity index (χ1) is 37.0. The molecule has 16 heteroatoms. The van der Waals surface area contributed by atoms with Crippen LogP contribution in [0, 0.1) is 11.6 Å². The van der Waals surface area contributed by atoms with E-state index < -0.39 is 23.5 Å². The van der Waals surface area contributed by atoms with Gasteiger partial charge in [0.2, 0.25) is 29.5 Å². The zero-order valence-electron chi connectivity index (χ0n) is 44.9. The van der Waals surface area contributed by atoms with Crippen LogP contribution >= 0.6 is 0 Å². The lowest BCUT2D eigenvalue weighted by Crippen LogP contribution is -2.66. The summed E-state index contributed by atoms with van der Waals surface area (Å²) in [5.41, 5.74) is 15.0. The molecule has 0 aromatic heterocycles. The predicted octanol–water partition coefficient (Wildman–Crippen LogP) is 6.19. The number of carbonyl (C=O) groups is 5. The summed E-state index contributed by atoms with van der Waals surface area (Å²) in [5, 5.41) is 10.2. The Hall–Kier alpha value is -7.11. The van der Waals surface area contributed by atoms with Gasteiger partial charge < -0.3 is 36.6 Å². The van der Waals surface area contributed by atoms with Crippen LogP contribution < -0.4 is 22.1 Å². The first kappa shape index (κ1) is 57.6. The fraction of sp³-hybridized carbons (Fsp3) is 0.393. The van der Waals surface area contributed by atoms with E-state index in [4.69, 9.17) is 16.2 Å². The van der Waals surface area contributed by atoms with Crippen LogP contribution in [0.1, 0.15) is 55.9 Å². The highest BCUT2D eigenvalue weighted by atomic mass is 19.1. The summed E-state index contributed by atoms with van der Waals surface area (Å²) in [5.74, 6) is -1.84. The zero-order valence-corrected chi connectivity index (χ0v) is 44.9. The molecule has 77 heavy (non-hydrogen) atoms. The number of rotatable bonds is 19. The Morgan fingerprint density at radius 2 is 1.16 bits per heavy atom. The smallest absolute Gasteiger partial charge is 0.246 e. The van der Waals surface area contributed by atoms with Crippen molar-refractivity contribution in [2.45, 2.75) is 95.0 Å². The van der Waals surface area contributed by atoms with Crippen molar-refractivity contribution in [1.29, 1.82) is 0 Å². The van der Waals surface area contributed by atoms with Gasteiger partial charge in [0.25, 0.3) is 0 Å². The van der Waals surface area contributed by atoms with E-state index >= 15 is 0 Å². The lowest BCUT2D eigenvalue weighted by Gasteiger charge is -2.48. The second-order valence-electron chi connectivity index (χ2n) is 20.5. The number of hydrogen-bond donors (Lipinski definition) is 4. The Balaban J connectivity index is 0.000000225. The molecule has 6 unspecified atom stereocenters. The average Bonchev–Trinajstić information content (AvgIpc) is 3.47. The summed E-state index contributed by atoms with van der Waals surface area (Å²) in [6.07, 6.45) is 3.03. The van der Waals surface area contributed by atoms with Crippen molar-refractivity contribution in [2.24, 2.45) is 11.5 Å². The Morgan fingerprint density at radius 1 is 0.649 bits per heavy atom. The Morgan fingerprint density at radius 3 is 1.71 bits per heavy atom. The predicted molar refractivity (Wildman–Crippen MR) is 297 cm³/mol. The minimum Gasteiger partial charge on any atom is -0.375 e. The molecule has 2 saturated heterocycles. The minimum atomic E-state index is -0.888. The number of nitrogens with one attached hydrogen (secondary N) is 2. The highest BCUT2D eigenvalue weighted by Crippen LogP contribution is 2.29. The van der Waals surface area contributed by atoms with Gasteiger partial charge in [0.15, 0.2) is 0 Å². The number of hydrogen-bond acceptors (Lipinski definition) is 9. The van der Waals surface area contributed by atoms with Gasteiger partial charge in [-0.3, -0.25) is 33.8 Å². The fourth-order valence-corrected chi connectivity index (χ4v) is 10.8. The van der Waals surface area contributed by atoms with Crippen molar-refractivity contribution in [3.63, 3.8) is 0 Å². The van der Waals surface area contributed by atoms with Crippen LogP contribution in [0.5, 0.6) is 0 Å². The number of primary amides is 1. The molecule has 8 rings (SSSR count). The average molecular weight is 1050 g/mol. The molecule has 14 nitrogen and oxygen atoms in total. The summed E-state index contributed by atoms with van der Waals surface area (Å²) >= 11 is 0. The largest absolute Gasteiger partial charge is 0.375 e. The van der Waals surface area contributed by atoms with Crippen LogP contribution in [0.2, 0.25) is 0 Å². The molecule has 408 valence electrons. The molecule has 2 heterocycles. The molecular formula is C61H74F2N8O6. The minimum absolute atomic E-state index is 0.0613. The lowest BCUT2D eigenvalue weighted by molar-refractivity contribution is -0.143. The maximum Gasteiger partial charge on any atom is 0.246 e. The van der Waals surface area contributed by atoms with Gasteiger partial charge in [-0.2, -0.15) is 0 Å². The first-order valence-corrected chi connectivity index (χ1v) is 26.6. The van der Waals surface area contributed by atoms with E-state index in [1.165, 1.54) is 31.4 Å². The number of likely N-dealkylation sites (N-methyl/N-ethyl adjacent to an activating group) is 1. The summed E-state index contributed by atoms with van der Waals surface area (Å²) in [4.78, 5) is 73.3. The Bertz CT molecular complexity index is 2980. The van der Waals surface area contributed by atoms with Crippen molar-refractivity contribution in [3.8, 4) is 0 Å². The van der Waals surface area contributed by atoms with Gasteiger partial charge >= 0.3 is 0 Å². The van der Waals surface area contributed by atoms with E-state index in [1.807, 2.05) is 54.8 Å². The molecule has 0 bridgehead atoms. The molecule has 6 aromatic rings. The number of fused-ring (bicyclic) bond motifs is 2. The van der Waals surface area contributed by atoms with Gasteiger partial charge in [-0.15, -0.1) is 0 Å². The third kappa shape index (κ3) is 14.7. The number of nitrogens with zero attached hydrogens (tertiary/aromatic N) is 4. The van der Waals surface area contributed by atoms with Gasteiger partial charge in [-0.05, 0) is 107 Å². The second kappa shape index (κ2) is 26.8. The third-order valence-electron chi connectivity index (χ3n) is 15.3. The van der Waals surface area contributed by atoms with Crippen LogP contribution in [0.4, 0.5) is 8.78 Å². The lowest BCUT2D eigenvalue weighted by atomic mass is 9.87. The fourth-order valence-electron chi connectivity index (χ4n) is 10.8. The maximum absolute atomic E-state index is 13.9. The molecule has 2 aliphatic rings. The van der Waals surface area contributed by atoms with Gasteiger partial charge in [0.05, 0.1) is 12.1 Å². The van der Waals surface area contributed by atoms with Crippen molar-refractivity contribution in [1.82, 2.24) is 30.2 Å². The molecule has 0 spiro atoms. The molecular weight excluding hydrogens is 979 g/mol. The standard InChI is InChI=1S/C32H39FN4O4.C29H35FN4O2/c1-4-27-20-36(29(31(39)34-2)19-23-9-12-24-7-5-6-8-25(24)17-23)15-16-37(27)32(40)28(35-30(38)21-41-3)18-22-10-13-26(33)14-11-22;1-3-25-19-33(14-15-34(25)27(35)26(31)17-20-9-12-24(30)13-10-20)29(2,28(32)36)18-21-8-11-22-6-4-5-7-23(22)16-21/h5-14,17,27-29H,4,15-16,18-21H2,1-3H3,(H,34,39)(H,35,38);4-13,16,25-26H,3,14-15,17-19,31H2,1-2H3,(H2,32,36). The summed E-state index contributed by atoms with van der Waals surface area (Å²) in [6, 6.07) is 38.6. The van der Waals surface area contributed by atoms with Crippen LogP contribution in [0.15, 0.2) is 133 Å². The van der Waals surface area contributed by atoms with Crippen molar-refractivity contribution < 1.29 is 37.5 Å². The van der Waals surface area contributed by atoms with E-state index in [0.29, 0.717) is 65.0 Å². The van der Waals surface area contributed by atoms with Gasteiger partial charge in [-0.25, -0.2) is 8.78 Å². The molecule has 2 fully saturated rings. The van der Waals surface area contributed by atoms with Gasteiger partial charge in [0, 0.05) is 71.9 Å². The van der Waals surface area contributed by atoms with Crippen LogP contribution in [0.3, 0.4) is 0 Å². The molecule has 5 amide bonds. The zero-order chi connectivity index (χ0) is 55.2. The van der Waals surface area contributed by atoms with Crippen LogP contribution in [-0.2, 0) is 54.4 Å². The number of carbonyl (C=O) groups excluding carboxylic acids is 5. The number of piperazine rings is 2. The van der Waals surface area contributed by atoms with E-state index in [-0.39, 0.29) is 66.4 Å². The SMILES string of the molecule is CCC1CN(C(C)(Cc2ccc3ccccc3c2)C(N)=O)CCN1C(=O)C(N)Cc1ccc(F)cc1.CCC1CN(C(Cc2ccc3ccccc3c2)C(=O)NC)CCN1C(=O)C(Cc1ccc(F)cc1)NC(=O)COC. The summed E-state index contributed by atoms with van der Waals surface area (Å²) in [7, 11) is 3.07. The number of ether oxygens (including phenoxy) is 1. The molecule has 6 aromatic carbocycles. The van der Waals surface area contributed by atoms with Crippen molar-refractivity contribution >= 4 is 51.1 Å². The molecule has 0 aliphatic carbocycles. The highest BCUT2D eigenvalue weighted by molar-refractivity contribution is 5.89. The number of amides is 5. The second-order valence-corrected chi connectivity index (χ2v) is 20.5. The Kier molecular flexibility index (Phi) is 20.0. The van der Waals surface area contributed by atoms with Crippen molar-refractivity contribution in [2.75, 3.05) is 60.0 Å². The number of nitrogens with two attached hydrogens (primary N) is 2. The molecule has 2 aliphatic heterocycles. The monoisotopic (exact) mass is 1050 g/mol. The van der Waals surface area contributed by atoms with E-state index in [9.17, 15) is 32.8 Å². The number of benzene rings is 6. The van der Waals surface area contributed by atoms with Gasteiger partial charge in [0.1, 0.15) is 29.8 Å². The van der Waals surface area contributed by atoms with E-state index in [1.54, 1.807) is 31.3 Å². The summed E-state index contributed by atoms with van der Waals surface area (Å²) < 4.78 is 31.7. The number of halogens is 2. The first-order valence-electron chi connectivity index (χ1n) is 26.6. The van der Waals surface area contributed by atoms with Crippen LogP contribution in [0.25, 0.3) is 21.5 Å². The third-order valence-corrected chi connectivity index (χ3v) is 15.3. The molecule has 6 N–H and O–H groups in total. The molecule has 6 atom stereocenters. The molecule has 0 radical (unpaired) electrons. The summed E-state index contributed by atoms with van der Waals surface area (Å²) in [6.45, 7) is 8.78. The maximum atomic E-state index is 13.9. The molecule has 0 saturated carbocycles. The van der Waals surface area contributed by atoms with Crippen molar-refractivity contribution in [3.05, 3.63) is 167 Å². The van der Waals surface area contributed by atoms with E-state index in [0.717, 1.165) is 50.2 Å². The van der Waals surface area contributed by atoms with Crippen LogP contribution in [-0.4, -0.2) is 145 Å². The highest BCUT2D eigenvalue weighted by Gasteiger charge is 2.43. The normalized spacial score (nSPS) is 18.1. The van der Waals surface area contributed by atoms with Gasteiger partial charge in [-0.1, -0.05) is 123 Å². The topological polar surface area (TPSA) is 184 Å². The van der Waals surface area contributed by atoms with E-state index in [2.05, 4.69) is 81.1 Å². The quantitative estimate of drug-likeness (QED) is 0.0735. The Labute approximate surface area is 451 Å². The number of methoxy groups -OCH3 is 1.